The van der Waals surface area contributed by atoms with E-state index < -0.39 is 0 Å². The molecule has 0 aliphatic heterocycles. The zero-order valence-corrected chi connectivity index (χ0v) is 13.6. The van der Waals surface area contributed by atoms with Gasteiger partial charge in [-0.2, -0.15) is 0 Å². The highest BCUT2D eigenvalue weighted by molar-refractivity contribution is 7.17. The molecule has 3 rings (SSSR count). The van der Waals surface area contributed by atoms with E-state index in [9.17, 15) is 4.79 Å². The number of nitrogens with one attached hydrogen (secondary N) is 1. The van der Waals surface area contributed by atoms with Gasteiger partial charge in [0.1, 0.15) is 5.69 Å². The van der Waals surface area contributed by atoms with Gasteiger partial charge in [0.05, 0.1) is 10.2 Å². The lowest BCUT2D eigenvalue weighted by Gasteiger charge is -2.12. The second kappa shape index (κ2) is 6.32. The van der Waals surface area contributed by atoms with Gasteiger partial charge in [-0.05, 0) is 35.1 Å². The Morgan fingerprint density at radius 1 is 1.41 bits per heavy atom. The van der Waals surface area contributed by atoms with Gasteiger partial charge >= 0.3 is 0 Å². The molecule has 0 unspecified atom stereocenters. The van der Waals surface area contributed by atoms with Crippen LogP contribution in [0.2, 0.25) is 0 Å². The van der Waals surface area contributed by atoms with Gasteiger partial charge in [-0.1, -0.05) is 19.9 Å². The third kappa shape index (κ3) is 3.04. The number of carbonyl (C=O) groups excluding carboxylic acids is 1. The Bertz CT molecular complexity index is 774. The van der Waals surface area contributed by atoms with Crippen molar-refractivity contribution in [2.75, 3.05) is 0 Å². The number of hydrogen-bond donors (Lipinski definition) is 1. The molecule has 0 atom stereocenters. The van der Waals surface area contributed by atoms with Gasteiger partial charge in [0.2, 0.25) is 0 Å². The van der Waals surface area contributed by atoms with Crippen molar-refractivity contribution >= 4 is 27.5 Å². The van der Waals surface area contributed by atoms with Crippen LogP contribution in [0.15, 0.2) is 42.0 Å². The average molecular weight is 313 g/mol. The fraction of sp³-hybridized carbons (Fsp3) is 0.294. The molecule has 3 aromatic heterocycles. The lowest BCUT2D eigenvalue weighted by molar-refractivity contribution is 0.0941. The Balaban J connectivity index is 1.82. The summed E-state index contributed by atoms with van der Waals surface area (Å²) in [6.07, 6.45) is 3.50. The number of hydrogen-bond acceptors (Lipinski definition) is 3. The van der Waals surface area contributed by atoms with Crippen molar-refractivity contribution in [3.8, 4) is 0 Å². The van der Waals surface area contributed by atoms with Gasteiger partial charge in [-0.15, -0.1) is 11.3 Å². The highest BCUT2D eigenvalue weighted by Gasteiger charge is 2.16. The summed E-state index contributed by atoms with van der Waals surface area (Å²) in [5.74, 6) is 0.452. The average Bonchev–Trinajstić information content (AvgIpc) is 3.08. The number of carbonyl (C=O) groups is 1. The summed E-state index contributed by atoms with van der Waals surface area (Å²) in [6, 6.07) is 7.90. The molecule has 4 nitrogen and oxygen atoms in total. The molecular weight excluding hydrogens is 294 g/mol. The number of fused-ring (bicyclic) bond motifs is 1. The van der Waals surface area contributed by atoms with Crippen LogP contribution >= 0.6 is 11.3 Å². The zero-order chi connectivity index (χ0) is 15.5. The third-order valence-corrected chi connectivity index (χ3v) is 4.33. The maximum Gasteiger partial charge on any atom is 0.268 e. The molecule has 0 aliphatic carbocycles. The smallest absolute Gasteiger partial charge is 0.268 e. The monoisotopic (exact) mass is 313 g/mol. The SMILES string of the molecule is CC(C)Cn1c(C(=O)NCc2cccnc2)cc2sccc21. The number of pyridine rings is 1. The topological polar surface area (TPSA) is 46.9 Å². The van der Waals surface area contributed by atoms with Crippen LogP contribution in [-0.2, 0) is 13.1 Å². The summed E-state index contributed by atoms with van der Waals surface area (Å²) in [5, 5.41) is 5.05. The number of nitrogens with zero attached hydrogens (tertiary/aromatic N) is 2. The lowest BCUT2D eigenvalue weighted by atomic mass is 10.2. The Morgan fingerprint density at radius 2 is 2.27 bits per heavy atom. The summed E-state index contributed by atoms with van der Waals surface area (Å²) in [4.78, 5) is 16.6. The Labute approximate surface area is 133 Å². The number of amides is 1. The van der Waals surface area contributed by atoms with E-state index in [0.717, 1.165) is 28.0 Å². The number of rotatable bonds is 5. The summed E-state index contributed by atoms with van der Waals surface area (Å²) in [6.45, 7) is 5.66. The minimum absolute atomic E-state index is 0.0343. The summed E-state index contributed by atoms with van der Waals surface area (Å²) in [5.41, 5.74) is 2.88. The minimum atomic E-state index is -0.0343. The normalized spacial score (nSPS) is 11.2. The van der Waals surface area contributed by atoms with E-state index in [4.69, 9.17) is 0 Å². The molecule has 0 radical (unpaired) electrons. The molecule has 5 heteroatoms. The highest BCUT2D eigenvalue weighted by atomic mass is 32.1. The maximum atomic E-state index is 12.5. The molecule has 1 amide bonds. The molecule has 0 saturated heterocycles. The predicted molar refractivity (Wildman–Crippen MR) is 90.1 cm³/mol. The maximum absolute atomic E-state index is 12.5. The summed E-state index contributed by atoms with van der Waals surface area (Å²) in [7, 11) is 0. The Hall–Kier alpha value is -2.14. The zero-order valence-electron chi connectivity index (χ0n) is 12.7. The molecule has 0 spiro atoms. The van der Waals surface area contributed by atoms with Crippen molar-refractivity contribution in [1.29, 1.82) is 0 Å². The van der Waals surface area contributed by atoms with Crippen LogP contribution in [0.5, 0.6) is 0 Å². The van der Waals surface area contributed by atoms with Crippen LogP contribution in [0, 0.1) is 5.92 Å². The third-order valence-electron chi connectivity index (χ3n) is 3.48. The van der Waals surface area contributed by atoms with E-state index in [2.05, 4.69) is 40.2 Å². The largest absolute Gasteiger partial charge is 0.347 e. The molecule has 3 heterocycles. The van der Waals surface area contributed by atoms with Crippen molar-refractivity contribution < 1.29 is 4.79 Å². The molecule has 22 heavy (non-hydrogen) atoms. The van der Waals surface area contributed by atoms with E-state index in [1.54, 1.807) is 23.7 Å². The van der Waals surface area contributed by atoms with Gasteiger partial charge in [-0.3, -0.25) is 9.78 Å². The van der Waals surface area contributed by atoms with Crippen molar-refractivity contribution in [3.63, 3.8) is 0 Å². The highest BCUT2D eigenvalue weighted by Crippen LogP contribution is 2.26. The van der Waals surface area contributed by atoms with Gasteiger partial charge in [0.15, 0.2) is 0 Å². The van der Waals surface area contributed by atoms with E-state index in [1.165, 1.54) is 0 Å². The van der Waals surface area contributed by atoms with Crippen molar-refractivity contribution in [3.05, 3.63) is 53.3 Å². The van der Waals surface area contributed by atoms with E-state index in [0.29, 0.717) is 12.5 Å². The van der Waals surface area contributed by atoms with Crippen molar-refractivity contribution in [1.82, 2.24) is 14.9 Å². The van der Waals surface area contributed by atoms with Gasteiger partial charge in [-0.25, -0.2) is 0 Å². The van der Waals surface area contributed by atoms with Crippen LogP contribution in [0.3, 0.4) is 0 Å². The summed E-state index contributed by atoms with van der Waals surface area (Å²) < 4.78 is 3.28. The molecule has 0 aromatic carbocycles. The number of aromatic nitrogens is 2. The quantitative estimate of drug-likeness (QED) is 0.781. The van der Waals surface area contributed by atoms with E-state index in [1.807, 2.05) is 18.2 Å². The van der Waals surface area contributed by atoms with Crippen LogP contribution in [0.1, 0.15) is 29.9 Å². The van der Waals surface area contributed by atoms with Gasteiger partial charge in [0, 0.05) is 25.5 Å². The second-order valence-electron chi connectivity index (χ2n) is 5.75. The second-order valence-corrected chi connectivity index (χ2v) is 6.70. The Kier molecular flexibility index (Phi) is 4.24. The number of thiophene rings is 1. The van der Waals surface area contributed by atoms with Crippen molar-refractivity contribution in [2.24, 2.45) is 5.92 Å². The molecule has 0 saturated carbocycles. The molecule has 0 bridgehead atoms. The Morgan fingerprint density at radius 3 is 3.00 bits per heavy atom. The minimum Gasteiger partial charge on any atom is -0.347 e. The first-order valence-corrected chi connectivity index (χ1v) is 8.27. The van der Waals surface area contributed by atoms with E-state index >= 15 is 0 Å². The fourth-order valence-corrected chi connectivity index (χ4v) is 3.32. The lowest BCUT2D eigenvalue weighted by Crippen LogP contribution is -2.26. The molecule has 114 valence electrons. The van der Waals surface area contributed by atoms with Gasteiger partial charge < -0.3 is 9.88 Å². The first kappa shape index (κ1) is 14.8. The van der Waals surface area contributed by atoms with Gasteiger partial charge in [0.25, 0.3) is 5.91 Å². The molecule has 0 fully saturated rings. The van der Waals surface area contributed by atoms with Crippen LogP contribution in [-0.4, -0.2) is 15.5 Å². The van der Waals surface area contributed by atoms with Crippen LogP contribution in [0.4, 0.5) is 0 Å². The van der Waals surface area contributed by atoms with Crippen LogP contribution in [0.25, 0.3) is 10.2 Å². The summed E-state index contributed by atoms with van der Waals surface area (Å²) >= 11 is 1.67. The molecule has 1 N–H and O–H groups in total. The first-order chi connectivity index (χ1) is 10.6. The standard InChI is InChI=1S/C17H19N3OS/c1-12(2)11-20-14-5-7-22-16(14)8-15(20)17(21)19-10-13-4-3-6-18-9-13/h3-9,12H,10-11H2,1-2H3,(H,19,21). The molecular formula is C17H19N3OS. The molecule has 0 aliphatic rings. The predicted octanol–water partition coefficient (Wildman–Crippen LogP) is 3.68. The van der Waals surface area contributed by atoms with Crippen LogP contribution < -0.4 is 5.32 Å². The molecule has 3 aromatic rings. The fourth-order valence-electron chi connectivity index (χ4n) is 2.50. The first-order valence-electron chi connectivity index (χ1n) is 7.39. The van der Waals surface area contributed by atoms with Crippen molar-refractivity contribution in [2.45, 2.75) is 26.9 Å². The van der Waals surface area contributed by atoms with E-state index in [-0.39, 0.29) is 5.91 Å².